The van der Waals surface area contributed by atoms with Gasteiger partial charge in [0.1, 0.15) is 23.0 Å². The molecule has 0 aliphatic heterocycles. The smallest absolute Gasteiger partial charge is 0.115 e. The molecule has 0 saturated heterocycles. The Morgan fingerprint density at radius 1 is 0.358 bits per heavy atom. The number of thiophene rings is 1. The summed E-state index contributed by atoms with van der Waals surface area (Å²) in [6, 6.07) is 49.3. The highest BCUT2D eigenvalue weighted by molar-refractivity contribution is 7.15. The van der Waals surface area contributed by atoms with E-state index < -0.39 is 10.8 Å². The molecule has 1 aromatic heterocycles. The fraction of sp³-hybridized carbons (Fsp3) is 0.0870. The van der Waals surface area contributed by atoms with Crippen LogP contribution in [0.15, 0.2) is 168 Å². The van der Waals surface area contributed by atoms with Crippen LogP contribution >= 0.6 is 11.3 Å². The van der Waals surface area contributed by atoms with Crippen LogP contribution in [0.3, 0.4) is 0 Å². The lowest BCUT2D eigenvalue weighted by atomic mass is 9.71. The highest BCUT2D eigenvalue weighted by Crippen LogP contribution is 2.42. The van der Waals surface area contributed by atoms with Gasteiger partial charge in [-0.15, -0.1) is 11.3 Å². The van der Waals surface area contributed by atoms with Crippen molar-refractivity contribution in [1.82, 2.24) is 0 Å². The van der Waals surface area contributed by atoms with Gasteiger partial charge in [-0.05, 0) is 132 Å². The molecule has 6 aromatic carbocycles. The van der Waals surface area contributed by atoms with E-state index in [0.29, 0.717) is 0 Å². The van der Waals surface area contributed by atoms with Gasteiger partial charge in [-0.25, -0.2) is 0 Å². The second-order valence-corrected chi connectivity index (χ2v) is 14.4. The van der Waals surface area contributed by atoms with Crippen molar-refractivity contribution in [3.8, 4) is 23.0 Å². The molecule has 7 heteroatoms. The van der Waals surface area contributed by atoms with Crippen molar-refractivity contribution in [2.45, 2.75) is 24.7 Å². The first-order chi connectivity index (χ1) is 25.6. The lowest BCUT2D eigenvalue weighted by Gasteiger charge is -2.32. The third-order valence-corrected chi connectivity index (χ3v) is 11.0. The Balaban J connectivity index is 1.06. The topological polar surface area (TPSA) is 106 Å². The number of nitrogens with zero attached hydrogens (tertiary/aromatic N) is 2. The van der Waals surface area contributed by atoms with Gasteiger partial charge in [0.2, 0.25) is 0 Å². The Morgan fingerprint density at radius 3 is 0.830 bits per heavy atom. The third kappa shape index (κ3) is 7.34. The molecule has 53 heavy (non-hydrogen) atoms. The fourth-order valence-electron chi connectivity index (χ4n) is 6.72. The predicted molar refractivity (Wildman–Crippen MR) is 215 cm³/mol. The van der Waals surface area contributed by atoms with Gasteiger partial charge in [0.15, 0.2) is 0 Å². The molecule has 262 valence electrons. The summed E-state index contributed by atoms with van der Waals surface area (Å²) in [5.74, 6) is 0.840. The summed E-state index contributed by atoms with van der Waals surface area (Å²) < 4.78 is 0. The first-order valence-electron chi connectivity index (χ1n) is 17.2. The molecule has 0 aliphatic carbocycles. The van der Waals surface area contributed by atoms with Crippen LogP contribution < -0.4 is 0 Å². The van der Waals surface area contributed by atoms with Gasteiger partial charge in [0.25, 0.3) is 0 Å². The van der Waals surface area contributed by atoms with Crippen LogP contribution in [-0.4, -0.2) is 32.9 Å². The Labute approximate surface area is 313 Å². The maximum absolute atomic E-state index is 9.92. The Bertz CT molecular complexity index is 2100. The monoisotopic (exact) mass is 714 g/mol. The molecule has 0 saturated carbocycles. The van der Waals surface area contributed by atoms with E-state index in [1.54, 1.807) is 59.9 Å². The molecule has 7 aromatic rings. The minimum atomic E-state index is -0.523. The first kappa shape index (κ1) is 35.0. The highest BCUT2D eigenvalue weighted by atomic mass is 32.1. The Morgan fingerprint density at radius 2 is 0.585 bits per heavy atom. The van der Waals surface area contributed by atoms with E-state index in [0.717, 1.165) is 54.5 Å². The maximum atomic E-state index is 9.92. The van der Waals surface area contributed by atoms with E-state index >= 15 is 0 Å². The largest absolute Gasteiger partial charge is 0.508 e. The number of hydrogen-bond acceptors (Lipinski definition) is 7. The van der Waals surface area contributed by atoms with Crippen molar-refractivity contribution in [2.75, 3.05) is 0 Å². The third-order valence-electron chi connectivity index (χ3n) is 10.00. The average Bonchev–Trinajstić information content (AvgIpc) is 3.65. The van der Waals surface area contributed by atoms with Crippen molar-refractivity contribution in [2.24, 2.45) is 9.98 Å². The van der Waals surface area contributed by atoms with E-state index in [4.69, 9.17) is 9.98 Å². The van der Waals surface area contributed by atoms with Crippen LogP contribution in [0, 0.1) is 0 Å². The lowest BCUT2D eigenvalue weighted by molar-refractivity contribution is 0.473. The zero-order valence-corrected chi connectivity index (χ0v) is 30.1. The summed E-state index contributed by atoms with van der Waals surface area (Å²) in [5.41, 5.74) is 6.78. The van der Waals surface area contributed by atoms with Gasteiger partial charge in [-0.1, -0.05) is 72.8 Å². The van der Waals surface area contributed by atoms with Gasteiger partial charge in [-0.2, -0.15) is 0 Å². The number of hydrogen-bond donors (Lipinski definition) is 4. The van der Waals surface area contributed by atoms with Crippen LogP contribution in [0.4, 0.5) is 11.4 Å². The van der Waals surface area contributed by atoms with Gasteiger partial charge in [-0.3, -0.25) is 9.98 Å². The molecule has 0 amide bonds. The van der Waals surface area contributed by atoms with Crippen molar-refractivity contribution >= 4 is 35.1 Å². The SMILES string of the molecule is CC(c1ccc(O)cc1)(c1ccc(O)cc1)c1ccc(/N=C\c2ccc(/C=N/c3ccc(C(C)(c4ccc(O)cc4)c4ccc(O)cc4)cc3)s2)cc1. The van der Waals surface area contributed by atoms with Gasteiger partial charge >= 0.3 is 0 Å². The zero-order chi connectivity index (χ0) is 37.0. The second kappa shape index (κ2) is 14.7. The lowest BCUT2D eigenvalue weighted by Crippen LogP contribution is -2.25. The van der Waals surface area contributed by atoms with Crippen LogP contribution in [0.5, 0.6) is 23.0 Å². The van der Waals surface area contributed by atoms with E-state index in [1.165, 1.54) is 0 Å². The Kier molecular flexibility index (Phi) is 9.68. The van der Waals surface area contributed by atoms with Gasteiger partial charge < -0.3 is 20.4 Å². The van der Waals surface area contributed by atoms with E-state index in [9.17, 15) is 20.4 Å². The van der Waals surface area contributed by atoms with Gasteiger partial charge in [0, 0.05) is 33.0 Å². The minimum Gasteiger partial charge on any atom is -0.508 e. The molecule has 1 heterocycles. The quantitative estimate of drug-likeness (QED) is 0.0836. The summed E-state index contributed by atoms with van der Waals surface area (Å²) >= 11 is 1.60. The van der Waals surface area contributed by atoms with E-state index in [-0.39, 0.29) is 23.0 Å². The average molecular weight is 715 g/mol. The second-order valence-electron chi connectivity index (χ2n) is 13.3. The number of aliphatic imine (C=N–C) groups is 2. The number of phenols is 4. The molecule has 0 aliphatic rings. The molecule has 0 fully saturated rings. The molecule has 0 bridgehead atoms. The molecule has 4 N–H and O–H groups in total. The van der Waals surface area contributed by atoms with Gasteiger partial charge in [0.05, 0.1) is 11.4 Å². The maximum Gasteiger partial charge on any atom is 0.115 e. The molecular formula is C46H38N2O4S. The zero-order valence-electron chi connectivity index (χ0n) is 29.3. The molecule has 7 rings (SSSR count). The van der Waals surface area contributed by atoms with Crippen LogP contribution in [-0.2, 0) is 10.8 Å². The standard InChI is InChI=1S/C46H38N2O4S/c1-45(33-7-19-39(49)20-8-33,34-9-21-40(50)22-10-34)31-3-15-37(16-4-31)47-29-43-27-28-44(53-43)30-48-38-17-5-32(6-18-38)46(2,35-11-23-41(51)24-12-35)36-13-25-42(52)26-14-36/h3-30,49-52H,1-2H3/b47-29-,48-30+. The van der Waals surface area contributed by atoms with Crippen LogP contribution in [0.2, 0.25) is 0 Å². The number of rotatable bonds is 10. The molecule has 6 nitrogen and oxygen atoms in total. The summed E-state index contributed by atoms with van der Waals surface area (Å²) in [7, 11) is 0. The number of phenolic OH excluding ortho intramolecular Hbond substituents is 4. The number of aromatic hydroxyl groups is 4. The van der Waals surface area contributed by atoms with Crippen molar-refractivity contribution in [3.63, 3.8) is 0 Å². The molecule has 0 unspecified atom stereocenters. The van der Waals surface area contributed by atoms with Crippen molar-refractivity contribution in [3.05, 3.63) is 201 Å². The highest BCUT2D eigenvalue weighted by Gasteiger charge is 2.32. The summed E-state index contributed by atoms with van der Waals surface area (Å²) in [4.78, 5) is 11.5. The normalized spacial score (nSPS) is 12.1. The van der Waals surface area contributed by atoms with Crippen LogP contribution in [0.1, 0.15) is 57.0 Å². The minimum absolute atomic E-state index is 0.210. The fourth-order valence-corrected chi connectivity index (χ4v) is 7.48. The first-order valence-corrected chi connectivity index (χ1v) is 18.0. The van der Waals surface area contributed by atoms with E-state index in [1.807, 2.05) is 97.4 Å². The Hall–Kier alpha value is -6.44. The van der Waals surface area contributed by atoms with Crippen molar-refractivity contribution < 1.29 is 20.4 Å². The summed E-state index contributed by atoms with van der Waals surface area (Å²) in [5, 5.41) is 39.7. The number of benzene rings is 6. The molecule has 0 atom stereocenters. The molecular weight excluding hydrogens is 677 g/mol. The summed E-state index contributed by atoms with van der Waals surface area (Å²) in [6.07, 6.45) is 3.72. The predicted octanol–water partition coefficient (Wildman–Crippen LogP) is 10.8. The summed E-state index contributed by atoms with van der Waals surface area (Å²) in [6.45, 7) is 4.28. The molecule has 0 radical (unpaired) electrons. The van der Waals surface area contributed by atoms with Crippen LogP contribution in [0.25, 0.3) is 0 Å². The van der Waals surface area contributed by atoms with E-state index in [2.05, 4.69) is 38.1 Å². The molecule has 0 spiro atoms. The van der Waals surface area contributed by atoms with Crippen molar-refractivity contribution in [1.29, 1.82) is 0 Å².